The molecule has 0 spiro atoms. The van der Waals surface area contributed by atoms with E-state index in [4.69, 9.17) is 0 Å². The number of carbonyl (C=O) groups is 2. The van der Waals surface area contributed by atoms with Crippen LogP contribution in [0.25, 0.3) is 10.9 Å². The summed E-state index contributed by atoms with van der Waals surface area (Å²) in [6.07, 6.45) is 4.35. The second-order valence-corrected chi connectivity index (χ2v) is 10.8. The number of aromatic nitrogens is 3. The lowest BCUT2D eigenvalue weighted by molar-refractivity contribution is 0.0945. The lowest BCUT2D eigenvalue weighted by Crippen LogP contribution is -2.38. The number of anilines is 1. The van der Waals surface area contributed by atoms with Crippen molar-refractivity contribution >= 4 is 49.0 Å². The highest BCUT2D eigenvalue weighted by atomic mass is 32.2. The minimum Gasteiger partial charge on any atom is -0.345 e. The van der Waals surface area contributed by atoms with Gasteiger partial charge in [0, 0.05) is 5.41 Å². The van der Waals surface area contributed by atoms with E-state index in [-0.39, 0.29) is 17.2 Å². The SMILES string of the molecule is O=C(N[C@@H]1C=CS(=O)(=O)C1)c1cc2ccc(C3CCC3)c(C(=O)Nc3nncs3)c2[nH]c1=O. The zero-order valence-corrected chi connectivity index (χ0v) is 18.8. The molecule has 0 radical (unpaired) electrons. The third kappa shape index (κ3) is 4.18. The van der Waals surface area contributed by atoms with Gasteiger partial charge in [0.15, 0.2) is 9.84 Å². The molecular formula is C21H19N5O5S2. The zero-order chi connectivity index (χ0) is 23.2. The molecule has 3 aromatic rings. The number of pyridine rings is 1. The van der Waals surface area contributed by atoms with Crippen LogP contribution < -0.4 is 16.2 Å². The third-order valence-electron chi connectivity index (χ3n) is 5.90. The molecule has 2 amide bonds. The van der Waals surface area contributed by atoms with Gasteiger partial charge in [0.05, 0.1) is 22.9 Å². The van der Waals surface area contributed by atoms with Gasteiger partial charge in [-0.2, -0.15) is 0 Å². The van der Waals surface area contributed by atoms with Gasteiger partial charge in [0.2, 0.25) is 5.13 Å². The number of aromatic amines is 1. The summed E-state index contributed by atoms with van der Waals surface area (Å²) in [7, 11) is -3.35. The molecule has 2 aliphatic rings. The highest BCUT2D eigenvalue weighted by molar-refractivity contribution is 7.94. The lowest BCUT2D eigenvalue weighted by atomic mass is 9.77. The van der Waals surface area contributed by atoms with Crippen molar-refractivity contribution in [2.45, 2.75) is 31.2 Å². The highest BCUT2D eigenvalue weighted by Gasteiger charge is 2.28. The van der Waals surface area contributed by atoms with E-state index >= 15 is 0 Å². The molecule has 2 aromatic heterocycles. The average molecular weight is 486 g/mol. The number of nitrogens with zero attached hydrogens (tertiary/aromatic N) is 2. The van der Waals surface area contributed by atoms with Gasteiger partial charge >= 0.3 is 0 Å². The van der Waals surface area contributed by atoms with Gasteiger partial charge in [0.25, 0.3) is 17.4 Å². The van der Waals surface area contributed by atoms with Crippen molar-refractivity contribution < 1.29 is 18.0 Å². The van der Waals surface area contributed by atoms with Gasteiger partial charge in [-0.15, -0.1) is 10.2 Å². The van der Waals surface area contributed by atoms with E-state index in [1.54, 1.807) is 6.07 Å². The van der Waals surface area contributed by atoms with Gasteiger partial charge in [-0.1, -0.05) is 29.9 Å². The fourth-order valence-electron chi connectivity index (χ4n) is 4.06. The second kappa shape index (κ2) is 8.19. The van der Waals surface area contributed by atoms with E-state index in [2.05, 4.69) is 25.8 Å². The molecule has 1 aliphatic carbocycles. The fraction of sp³-hybridized carbons (Fsp3) is 0.286. The third-order valence-corrected chi connectivity index (χ3v) is 7.90. The van der Waals surface area contributed by atoms with Crippen LogP contribution in [0.1, 0.15) is 51.5 Å². The van der Waals surface area contributed by atoms with Gasteiger partial charge < -0.3 is 10.3 Å². The number of H-pyrrole nitrogens is 1. The summed E-state index contributed by atoms with van der Waals surface area (Å²) in [6.45, 7) is 0. The summed E-state index contributed by atoms with van der Waals surface area (Å²) in [5.74, 6) is -1.13. The standard InChI is InChI=1S/C21H19N5O5S2/c27-18(23-13-6-7-33(30,31)9-13)15-8-12-4-5-14(11-2-1-3-11)16(17(12)24-19(15)28)20(29)25-21-26-22-10-32-21/h4-8,10-11,13H,1-3,9H2,(H,23,27)(H,24,28)(H,25,26,29)/t13-/m1/s1. The highest BCUT2D eigenvalue weighted by Crippen LogP contribution is 2.40. The molecule has 1 fully saturated rings. The van der Waals surface area contributed by atoms with Gasteiger partial charge in [-0.05, 0) is 41.9 Å². The summed E-state index contributed by atoms with van der Waals surface area (Å²) in [5.41, 5.74) is 2.20. The Labute approximate surface area is 192 Å². The van der Waals surface area contributed by atoms with Crippen molar-refractivity contribution in [2.75, 3.05) is 11.1 Å². The number of hydrogen-bond acceptors (Lipinski definition) is 8. The summed E-state index contributed by atoms with van der Waals surface area (Å²) in [4.78, 5) is 41.4. The smallest absolute Gasteiger partial charge is 0.261 e. The topological polar surface area (TPSA) is 151 Å². The van der Waals surface area contributed by atoms with Crippen LogP contribution in [0.15, 0.2) is 40.0 Å². The molecule has 1 atom stereocenters. The van der Waals surface area contributed by atoms with Crippen molar-refractivity contribution in [3.05, 3.63) is 62.2 Å². The van der Waals surface area contributed by atoms with Gasteiger partial charge in [-0.3, -0.25) is 19.7 Å². The summed E-state index contributed by atoms with van der Waals surface area (Å²) >= 11 is 1.18. The lowest BCUT2D eigenvalue weighted by Gasteiger charge is -2.28. The number of fused-ring (bicyclic) bond motifs is 1. The van der Waals surface area contributed by atoms with Crippen LogP contribution in [0.4, 0.5) is 5.13 Å². The maximum absolute atomic E-state index is 13.2. The molecule has 0 unspecified atom stereocenters. The molecule has 12 heteroatoms. The van der Waals surface area contributed by atoms with Crippen LogP contribution in [0, 0.1) is 0 Å². The van der Waals surface area contributed by atoms with Gasteiger partial charge in [0.1, 0.15) is 11.1 Å². The molecule has 1 aromatic carbocycles. The van der Waals surface area contributed by atoms with Crippen LogP contribution in [-0.2, 0) is 9.84 Å². The first-order valence-corrected chi connectivity index (χ1v) is 12.9. The first-order chi connectivity index (χ1) is 15.8. The molecule has 170 valence electrons. The first-order valence-electron chi connectivity index (χ1n) is 10.3. The normalized spacial score (nSPS) is 19.3. The largest absolute Gasteiger partial charge is 0.345 e. The molecule has 3 N–H and O–H groups in total. The Bertz CT molecular complexity index is 1460. The van der Waals surface area contributed by atoms with Crippen molar-refractivity contribution in [1.29, 1.82) is 0 Å². The monoisotopic (exact) mass is 485 g/mol. The van der Waals surface area contributed by atoms with Gasteiger partial charge in [-0.25, -0.2) is 8.42 Å². The minimum absolute atomic E-state index is 0.160. The molecule has 10 nitrogen and oxygen atoms in total. The van der Waals surface area contributed by atoms with Crippen molar-refractivity contribution in [3.8, 4) is 0 Å². The Kier molecular flexibility index (Phi) is 5.33. The maximum Gasteiger partial charge on any atom is 0.261 e. The Hall–Kier alpha value is -3.38. The Morgan fingerprint density at radius 2 is 2.00 bits per heavy atom. The Balaban J connectivity index is 1.53. The molecular weight excluding hydrogens is 466 g/mol. The van der Waals surface area contributed by atoms with Crippen LogP contribution in [0.5, 0.6) is 0 Å². The average Bonchev–Trinajstić information content (AvgIpc) is 3.34. The Morgan fingerprint density at radius 1 is 1.18 bits per heavy atom. The quantitative estimate of drug-likeness (QED) is 0.499. The number of amides is 2. The predicted molar refractivity (Wildman–Crippen MR) is 123 cm³/mol. The van der Waals surface area contributed by atoms with Crippen molar-refractivity contribution in [3.63, 3.8) is 0 Å². The maximum atomic E-state index is 13.2. The molecule has 0 saturated heterocycles. The zero-order valence-electron chi connectivity index (χ0n) is 17.2. The van der Waals surface area contributed by atoms with E-state index in [1.807, 2.05) is 6.07 Å². The second-order valence-electron chi connectivity index (χ2n) is 8.07. The van der Waals surface area contributed by atoms with E-state index in [1.165, 1.54) is 29.0 Å². The molecule has 0 bridgehead atoms. The summed E-state index contributed by atoms with van der Waals surface area (Å²) in [5, 5.41) is 14.8. The first kappa shape index (κ1) is 21.5. The summed E-state index contributed by atoms with van der Waals surface area (Å²) < 4.78 is 23.2. The van der Waals surface area contributed by atoms with E-state index in [9.17, 15) is 22.8 Å². The summed E-state index contributed by atoms with van der Waals surface area (Å²) in [6, 6.07) is 4.35. The van der Waals surface area contributed by atoms with Crippen LogP contribution in [-0.4, -0.2) is 47.2 Å². The van der Waals surface area contributed by atoms with E-state index in [0.29, 0.717) is 21.6 Å². The van der Waals surface area contributed by atoms with Crippen molar-refractivity contribution in [2.24, 2.45) is 0 Å². The van der Waals surface area contributed by atoms with Crippen LogP contribution in [0.2, 0.25) is 0 Å². The number of rotatable bonds is 5. The van der Waals surface area contributed by atoms with Crippen LogP contribution >= 0.6 is 11.3 Å². The molecule has 1 aliphatic heterocycles. The number of nitrogens with one attached hydrogen (secondary N) is 3. The number of benzene rings is 1. The minimum atomic E-state index is -3.35. The molecule has 5 rings (SSSR count). The molecule has 33 heavy (non-hydrogen) atoms. The molecule has 1 saturated carbocycles. The Morgan fingerprint density at radius 3 is 2.64 bits per heavy atom. The van der Waals surface area contributed by atoms with Crippen LogP contribution in [0.3, 0.4) is 0 Å². The number of carbonyl (C=O) groups excluding carboxylic acids is 2. The van der Waals surface area contributed by atoms with Crippen molar-refractivity contribution in [1.82, 2.24) is 20.5 Å². The number of sulfone groups is 1. The fourth-order valence-corrected chi connectivity index (χ4v) is 5.74. The molecule has 3 heterocycles. The van der Waals surface area contributed by atoms with E-state index in [0.717, 1.165) is 30.2 Å². The van der Waals surface area contributed by atoms with E-state index < -0.39 is 33.3 Å². The predicted octanol–water partition coefficient (Wildman–Crippen LogP) is 1.94. The number of hydrogen-bond donors (Lipinski definition) is 3.